The van der Waals surface area contributed by atoms with Gasteiger partial charge in [0.15, 0.2) is 0 Å². The van der Waals surface area contributed by atoms with Crippen LogP contribution < -0.4 is 5.32 Å². The van der Waals surface area contributed by atoms with Crippen molar-refractivity contribution in [2.45, 2.75) is 32.6 Å². The number of carbonyl (C=O) groups is 2. The average molecular weight is 236 g/mol. The van der Waals surface area contributed by atoms with Crippen LogP contribution in [0.3, 0.4) is 0 Å². The van der Waals surface area contributed by atoms with Gasteiger partial charge in [-0.1, -0.05) is 19.8 Å². The molecule has 1 heterocycles. The van der Waals surface area contributed by atoms with Crippen molar-refractivity contribution >= 4 is 17.6 Å². The number of aromatic nitrogens is 1. The van der Waals surface area contributed by atoms with Gasteiger partial charge in [-0.3, -0.25) is 4.79 Å². The summed E-state index contributed by atoms with van der Waals surface area (Å²) in [4.78, 5) is 25.7. The number of pyridine rings is 1. The minimum Gasteiger partial charge on any atom is -0.477 e. The molecule has 0 aliphatic carbocycles. The number of amides is 1. The molecule has 5 heteroatoms. The molecule has 2 N–H and O–H groups in total. The average Bonchev–Trinajstić information content (AvgIpc) is 2.30. The van der Waals surface area contributed by atoms with Crippen molar-refractivity contribution in [1.82, 2.24) is 4.98 Å². The fourth-order valence-corrected chi connectivity index (χ4v) is 1.35. The van der Waals surface area contributed by atoms with Gasteiger partial charge in [-0.05, 0) is 18.6 Å². The molecule has 0 spiro atoms. The number of nitrogens with zero attached hydrogens (tertiary/aromatic N) is 1. The Morgan fingerprint density at radius 3 is 2.65 bits per heavy atom. The molecule has 0 saturated heterocycles. The summed E-state index contributed by atoms with van der Waals surface area (Å²) in [6, 6.07) is 2.90. The van der Waals surface area contributed by atoms with E-state index in [1.54, 1.807) is 0 Å². The predicted molar refractivity (Wildman–Crippen MR) is 64.0 cm³/mol. The Bertz CT molecular complexity index is 387. The quantitative estimate of drug-likeness (QED) is 0.743. The Morgan fingerprint density at radius 2 is 2.12 bits per heavy atom. The van der Waals surface area contributed by atoms with E-state index in [9.17, 15) is 9.59 Å². The van der Waals surface area contributed by atoms with Crippen molar-refractivity contribution in [3.05, 3.63) is 24.0 Å². The van der Waals surface area contributed by atoms with Crippen molar-refractivity contribution in [2.24, 2.45) is 0 Å². The van der Waals surface area contributed by atoms with Crippen LogP contribution >= 0.6 is 0 Å². The van der Waals surface area contributed by atoms with Gasteiger partial charge in [0.1, 0.15) is 5.69 Å². The van der Waals surface area contributed by atoms with Gasteiger partial charge in [0.2, 0.25) is 5.91 Å². The molecule has 1 amide bonds. The molecule has 0 aromatic carbocycles. The fraction of sp³-hybridized carbons (Fsp3) is 0.417. The van der Waals surface area contributed by atoms with Crippen LogP contribution in [0.5, 0.6) is 0 Å². The highest BCUT2D eigenvalue weighted by Gasteiger charge is 2.05. The zero-order valence-electron chi connectivity index (χ0n) is 9.77. The van der Waals surface area contributed by atoms with E-state index in [1.165, 1.54) is 18.3 Å². The van der Waals surface area contributed by atoms with Crippen LogP contribution in [0.4, 0.5) is 5.69 Å². The molecule has 5 nitrogen and oxygen atoms in total. The van der Waals surface area contributed by atoms with Gasteiger partial charge in [-0.15, -0.1) is 0 Å². The van der Waals surface area contributed by atoms with Crippen LogP contribution in [0.25, 0.3) is 0 Å². The maximum Gasteiger partial charge on any atom is 0.354 e. The zero-order valence-corrected chi connectivity index (χ0v) is 9.77. The Balaban J connectivity index is 2.46. The molecule has 0 aliphatic heterocycles. The molecule has 17 heavy (non-hydrogen) atoms. The maximum absolute atomic E-state index is 11.5. The van der Waals surface area contributed by atoms with Crippen LogP contribution in [0.1, 0.15) is 43.1 Å². The second kappa shape index (κ2) is 6.62. The third-order valence-electron chi connectivity index (χ3n) is 2.27. The minimum atomic E-state index is -1.08. The Kier molecular flexibility index (Phi) is 5.13. The first kappa shape index (κ1) is 13.2. The molecule has 0 saturated carbocycles. The van der Waals surface area contributed by atoms with Crippen LogP contribution in [-0.2, 0) is 4.79 Å². The smallest absolute Gasteiger partial charge is 0.354 e. The van der Waals surface area contributed by atoms with E-state index in [1.807, 2.05) is 0 Å². The number of hydrogen-bond donors (Lipinski definition) is 2. The number of nitrogens with one attached hydrogen (secondary N) is 1. The lowest BCUT2D eigenvalue weighted by atomic mass is 10.2. The number of hydrogen-bond acceptors (Lipinski definition) is 3. The normalized spacial score (nSPS) is 9.94. The molecule has 0 fully saturated rings. The summed E-state index contributed by atoms with van der Waals surface area (Å²) in [5.41, 5.74) is 0.491. The first-order valence-electron chi connectivity index (χ1n) is 5.62. The molecule has 0 bridgehead atoms. The lowest BCUT2D eigenvalue weighted by Crippen LogP contribution is -2.11. The number of anilines is 1. The largest absolute Gasteiger partial charge is 0.477 e. The maximum atomic E-state index is 11.5. The van der Waals surface area contributed by atoms with Crippen molar-refractivity contribution in [3.8, 4) is 0 Å². The number of carbonyl (C=O) groups excluding carboxylic acids is 1. The number of rotatable bonds is 6. The van der Waals surface area contributed by atoms with Gasteiger partial charge in [-0.2, -0.15) is 0 Å². The molecule has 0 atom stereocenters. The van der Waals surface area contributed by atoms with Crippen LogP contribution in [0.2, 0.25) is 0 Å². The second-order valence-electron chi connectivity index (χ2n) is 3.74. The molecular weight excluding hydrogens is 220 g/mol. The number of carboxylic acid groups (broad SMARTS) is 1. The topological polar surface area (TPSA) is 79.3 Å². The van der Waals surface area contributed by atoms with Crippen molar-refractivity contribution in [3.63, 3.8) is 0 Å². The standard InChI is InChI=1S/C12H16N2O3/c1-2-3-4-5-11(15)14-9-6-7-10(12(16)17)13-8-9/h6-8H,2-5H2,1H3,(H,14,15)(H,16,17). The van der Waals surface area contributed by atoms with Crippen LogP contribution in [0.15, 0.2) is 18.3 Å². The predicted octanol–water partition coefficient (Wildman–Crippen LogP) is 2.30. The summed E-state index contributed by atoms with van der Waals surface area (Å²) in [7, 11) is 0. The summed E-state index contributed by atoms with van der Waals surface area (Å²) in [6.07, 6.45) is 4.80. The first-order chi connectivity index (χ1) is 8.13. The Morgan fingerprint density at radius 1 is 1.35 bits per heavy atom. The summed E-state index contributed by atoms with van der Waals surface area (Å²) >= 11 is 0. The molecule has 0 radical (unpaired) electrons. The van der Waals surface area contributed by atoms with Crippen LogP contribution in [-0.4, -0.2) is 22.0 Å². The van der Waals surface area contributed by atoms with Gasteiger partial charge in [0.05, 0.1) is 11.9 Å². The molecule has 1 aromatic heterocycles. The SMILES string of the molecule is CCCCCC(=O)Nc1ccc(C(=O)O)nc1. The molecule has 1 rings (SSSR count). The highest BCUT2D eigenvalue weighted by atomic mass is 16.4. The minimum absolute atomic E-state index is 0.0334. The third-order valence-corrected chi connectivity index (χ3v) is 2.27. The number of unbranched alkanes of at least 4 members (excludes halogenated alkanes) is 2. The molecule has 0 unspecified atom stereocenters. The lowest BCUT2D eigenvalue weighted by molar-refractivity contribution is -0.116. The zero-order chi connectivity index (χ0) is 12.7. The van der Waals surface area contributed by atoms with Crippen molar-refractivity contribution < 1.29 is 14.7 Å². The van der Waals surface area contributed by atoms with E-state index >= 15 is 0 Å². The second-order valence-corrected chi connectivity index (χ2v) is 3.74. The van der Waals surface area contributed by atoms with Crippen LogP contribution in [0, 0.1) is 0 Å². The fourth-order valence-electron chi connectivity index (χ4n) is 1.35. The summed E-state index contributed by atoms with van der Waals surface area (Å²) in [5.74, 6) is -1.14. The van der Waals surface area contributed by atoms with Crippen molar-refractivity contribution in [1.29, 1.82) is 0 Å². The van der Waals surface area contributed by atoms with E-state index < -0.39 is 5.97 Å². The molecular formula is C12H16N2O3. The Labute approximate surface area is 99.9 Å². The van der Waals surface area contributed by atoms with E-state index in [0.29, 0.717) is 12.1 Å². The highest BCUT2D eigenvalue weighted by molar-refractivity contribution is 5.91. The van der Waals surface area contributed by atoms with Crippen molar-refractivity contribution in [2.75, 3.05) is 5.32 Å². The van der Waals surface area contributed by atoms with Gasteiger partial charge in [0.25, 0.3) is 0 Å². The van der Waals surface area contributed by atoms with E-state index in [2.05, 4.69) is 17.2 Å². The Hall–Kier alpha value is -1.91. The van der Waals surface area contributed by atoms with E-state index in [0.717, 1.165) is 19.3 Å². The van der Waals surface area contributed by atoms with Gasteiger partial charge in [0, 0.05) is 6.42 Å². The van der Waals surface area contributed by atoms with Gasteiger partial charge in [-0.25, -0.2) is 9.78 Å². The van der Waals surface area contributed by atoms with Gasteiger partial charge < -0.3 is 10.4 Å². The molecule has 1 aromatic rings. The number of carboxylic acids is 1. The highest BCUT2D eigenvalue weighted by Crippen LogP contribution is 2.08. The summed E-state index contributed by atoms with van der Waals surface area (Å²) in [6.45, 7) is 2.08. The monoisotopic (exact) mass is 236 g/mol. The van der Waals surface area contributed by atoms with Gasteiger partial charge >= 0.3 is 5.97 Å². The number of aromatic carboxylic acids is 1. The molecule has 92 valence electrons. The first-order valence-corrected chi connectivity index (χ1v) is 5.62. The molecule has 0 aliphatic rings. The van der Waals surface area contributed by atoms with E-state index in [-0.39, 0.29) is 11.6 Å². The summed E-state index contributed by atoms with van der Waals surface area (Å²) < 4.78 is 0. The summed E-state index contributed by atoms with van der Waals surface area (Å²) in [5, 5.41) is 11.3. The lowest BCUT2D eigenvalue weighted by Gasteiger charge is -2.04. The third kappa shape index (κ3) is 4.63. The van der Waals surface area contributed by atoms with E-state index in [4.69, 9.17) is 5.11 Å².